The molecule has 1 rings (SSSR count). The van der Waals surface area contributed by atoms with Crippen molar-refractivity contribution in [2.75, 3.05) is 0 Å². The number of rotatable bonds is 5. The summed E-state index contributed by atoms with van der Waals surface area (Å²) in [5.41, 5.74) is 0. The van der Waals surface area contributed by atoms with Gasteiger partial charge in [-0.25, -0.2) is 4.98 Å². The van der Waals surface area contributed by atoms with Crippen molar-refractivity contribution in [2.24, 2.45) is 0 Å². The van der Waals surface area contributed by atoms with Crippen LogP contribution in [0.3, 0.4) is 0 Å². The van der Waals surface area contributed by atoms with E-state index in [-0.39, 0.29) is 0 Å². The molecule has 1 N–H and O–H groups in total. The summed E-state index contributed by atoms with van der Waals surface area (Å²) < 4.78 is 32.3. The Hall–Kier alpha value is -0.880. The van der Waals surface area contributed by atoms with E-state index in [1.807, 2.05) is 17.7 Å². The standard InChI is InChI=1S/C9H16N2O3S/c1-3-11-7-6-10-9(11)5-4-8(2)15(12,13)14/h6-8H,3-5H2,1-2H3,(H,12,13,14). The molecule has 0 aliphatic carbocycles. The zero-order valence-corrected chi connectivity index (χ0v) is 9.74. The minimum Gasteiger partial charge on any atom is -0.335 e. The maximum Gasteiger partial charge on any atom is 0.267 e. The smallest absolute Gasteiger partial charge is 0.267 e. The van der Waals surface area contributed by atoms with Crippen LogP contribution in [0.4, 0.5) is 0 Å². The Labute approximate surface area is 89.9 Å². The molecule has 1 aromatic heterocycles. The molecule has 0 saturated heterocycles. The second kappa shape index (κ2) is 4.76. The van der Waals surface area contributed by atoms with E-state index in [4.69, 9.17) is 4.55 Å². The molecule has 15 heavy (non-hydrogen) atoms. The van der Waals surface area contributed by atoms with Crippen molar-refractivity contribution in [3.8, 4) is 0 Å². The average molecular weight is 232 g/mol. The zero-order valence-electron chi connectivity index (χ0n) is 8.92. The van der Waals surface area contributed by atoms with E-state index in [2.05, 4.69) is 4.98 Å². The summed E-state index contributed by atoms with van der Waals surface area (Å²) >= 11 is 0. The maximum absolute atomic E-state index is 10.8. The fraction of sp³-hybridized carbons (Fsp3) is 0.667. The summed E-state index contributed by atoms with van der Waals surface area (Å²) in [6.07, 6.45) is 4.49. The summed E-state index contributed by atoms with van der Waals surface area (Å²) in [6, 6.07) is 0. The van der Waals surface area contributed by atoms with Crippen molar-refractivity contribution < 1.29 is 13.0 Å². The molecular weight excluding hydrogens is 216 g/mol. The zero-order chi connectivity index (χ0) is 11.5. The van der Waals surface area contributed by atoms with E-state index in [0.717, 1.165) is 12.4 Å². The lowest BCUT2D eigenvalue weighted by Gasteiger charge is -2.08. The molecule has 5 nitrogen and oxygen atoms in total. The Morgan fingerprint density at radius 2 is 2.27 bits per heavy atom. The molecule has 0 radical (unpaired) electrons. The van der Waals surface area contributed by atoms with Crippen LogP contribution in [0.2, 0.25) is 0 Å². The number of aryl methyl sites for hydroxylation is 2. The summed E-state index contributed by atoms with van der Waals surface area (Å²) in [5, 5.41) is -0.737. The molecular formula is C9H16N2O3S. The van der Waals surface area contributed by atoms with E-state index < -0.39 is 15.4 Å². The van der Waals surface area contributed by atoms with E-state index in [1.165, 1.54) is 6.92 Å². The average Bonchev–Trinajstić information content (AvgIpc) is 2.59. The molecule has 1 atom stereocenters. The molecule has 1 unspecified atom stereocenters. The second-order valence-corrected chi connectivity index (χ2v) is 5.33. The van der Waals surface area contributed by atoms with Crippen LogP contribution in [-0.2, 0) is 23.1 Å². The normalized spacial score (nSPS) is 14.1. The van der Waals surface area contributed by atoms with Crippen LogP contribution in [0.1, 0.15) is 26.1 Å². The highest BCUT2D eigenvalue weighted by Crippen LogP contribution is 2.08. The Morgan fingerprint density at radius 1 is 1.60 bits per heavy atom. The molecule has 6 heteroatoms. The highest BCUT2D eigenvalue weighted by molar-refractivity contribution is 7.86. The lowest BCUT2D eigenvalue weighted by molar-refractivity contribution is 0.465. The minimum atomic E-state index is -3.91. The van der Waals surface area contributed by atoms with Gasteiger partial charge in [-0.2, -0.15) is 8.42 Å². The van der Waals surface area contributed by atoms with Gasteiger partial charge in [-0.15, -0.1) is 0 Å². The molecule has 1 heterocycles. The van der Waals surface area contributed by atoms with E-state index >= 15 is 0 Å². The maximum atomic E-state index is 10.8. The van der Waals surface area contributed by atoms with Gasteiger partial charge in [0.1, 0.15) is 5.82 Å². The quantitative estimate of drug-likeness (QED) is 0.772. The van der Waals surface area contributed by atoms with Crippen molar-refractivity contribution >= 4 is 10.1 Å². The van der Waals surface area contributed by atoms with E-state index in [9.17, 15) is 8.42 Å². The van der Waals surface area contributed by atoms with Crippen molar-refractivity contribution in [3.63, 3.8) is 0 Å². The van der Waals surface area contributed by atoms with Crippen LogP contribution in [0, 0.1) is 0 Å². The van der Waals surface area contributed by atoms with E-state index in [1.54, 1.807) is 6.20 Å². The number of aromatic nitrogens is 2. The van der Waals surface area contributed by atoms with Gasteiger partial charge >= 0.3 is 0 Å². The van der Waals surface area contributed by atoms with Gasteiger partial charge in [-0.3, -0.25) is 4.55 Å². The van der Waals surface area contributed by atoms with Crippen molar-refractivity contribution in [1.82, 2.24) is 9.55 Å². The fourth-order valence-electron chi connectivity index (χ4n) is 1.34. The lowest BCUT2D eigenvalue weighted by atomic mass is 10.2. The van der Waals surface area contributed by atoms with Crippen LogP contribution in [0.5, 0.6) is 0 Å². The lowest BCUT2D eigenvalue weighted by Crippen LogP contribution is -2.18. The molecule has 0 spiro atoms. The largest absolute Gasteiger partial charge is 0.335 e. The molecule has 0 saturated carbocycles. The highest BCUT2D eigenvalue weighted by atomic mass is 32.2. The molecule has 0 bridgehead atoms. The third-order valence-corrected chi connectivity index (χ3v) is 3.68. The van der Waals surface area contributed by atoms with Crippen LogP contribution < -0.4 is 0 Å². The van der Waals surface area contributed by atoms with Crippen LogP contribution in [0.25, 0.3) is 0 Å². The summed E-state index contributed by atoms with van der Waals surface area (Å²) in [4.78, 5) is 4.13. The number of hydrogen-bond acceptors (Lipinski definition) is 3. The van der Waals surface area contributed by atoms with Crippen molar-refractivity contribution in [3.05, 3.63) is 18.2 Å². The predicted octanol–water partition coefficient (Wildman–Crippen LogP) is 1.11. The fourth-order valence-corrected chi connectivity index (χ4v) is 1.75. The molecule has 1 aromatic rings. The van der Waals surface area contributed by atoms with Crippen molar-refractivity contribution in [2.45, 2.75) is 38.5 Å². The van der Waals surface area contributed by atoms with Gasteiger partial charge in [-0.05, 0) is 20.3 Å². The third kappa shape index (κ3) is 3.32. The van der Waals surface area contributed by atoms with Gasteiger partial charge in [0.15, 0.2) is 0 Å². The minimum absolute atomic E-state index is 0.385. The highest BCUT2D eigenvalue weighted by Gasteiger charge is 2.17. The first-order chi connectivity index (χ1) is 6.95. The number of imidazole rings is 1. The molecule has 0 aliphatic heterocycles. The van der Waals surface area contributed by atoms with Gasteiger partial charge in [0.05, 0.1) is 5.25 Å². The number of nitrogens with zero attached hydrogens (tertiary/aromatic N) is 2. The first-order valence-electron chi connectivity index (χ1n) is 4.91. The SMILES string of the molecule is CCn1ccnc1CCC(C)S(=O)(=O)O. The van der Waals surface area contributed by atoms with Crippen LogP contribution in [0.15, 0.2) is 12.4 Å². The van der Waals surface area contributed by atoms with Gasteiger partial charge in [-0.1, -0.05) is 0 Å². The first-order valence-corrected chi connectivity index (χ1v) is 6.41. The molecule has 0 aromatic carbocycles. The summed E-state index contributed by atoms with van der Waals surface area (Å²) in [7, 11) is -3.91. The Bertz CT molecular complexity index is 411. The molecule has 0 fully saturated rings. The second-order valence-electron chi connectivity index (χ2n) is 3.49. The monoisotopic (exact) mass is 232 g/mol. The Balaban J connectivity index is 2.58. The van der Waals surface area contributed by atoms with Gasteiger partial charge in [0, 0.05) is 25.4 Å². The van der Waals surface area contributed by atoms with Crippen molar-refractivity contribution in [1.29, 1.82) is 0 Å². The van der Waals surface area contributed by atoms with Gasteiger partial charge in [0.2, 0.25) is 0 Å². The van der Waals surface area contributed by atoms with Crippen LogP contribution >= 0.6 is 0 Å². The van der Waals surface area contributed by atoms with E-state index in [0.29, 0.717) is 12.8 Å². The van der Waals surface area contributed by atoms with Crippen LogP contribution in [-0.4, -0.2) is 27.8 Å². The number of hydrogen-bond donors (Lipinski definition) is 1. The molecule has 0 amide bonds. The first kappa shape index (κ1) is 12.2. The summed E-state index contributed by atoms with van der Waals surface area (Å²) in [5.74, 6) is 0.855. The Kier molecular flexibility index (Phi) is 3.87. The Morgan fingerprint density at radius 3 is 2.80 bits per heavy atom. The third-order valence-electron chi connectivity index (χ3n) is 2.43. The molecule has 0 aliphatic rings. The summed E-state index contributed by atoms with van der Waals surface area (Å²) in [6.45, 7) is 4.31. The van der Waals surface area contributed by atoms with Gasteiger partial charge < -0.3 is 4.57 Å². The molecule has 86 valence electrons. The topological polar surface area (TPSA) is 72.2 Å². The predicted molar refractivity (Wildman–Crippen MR) is 57.2 cm³/mol. The van der Waals surface area contributed by atoms with Gasteiger partial charge in [0.25, 0.3) is 10.1 Å².